The highest BCUT2D eigenvalue weighted by atomic mass is 19.4. The van der Waals surface area contributed by atoms with Gasteiger partial charge in [-0.25, -0.2) is 9.97 Å². The van der Waals surface area contributed by atoms with Gasteiger partial charge in [-0.3, -0.25) is 14.5 Å². The fourth-order valence-electron chi connectivity index (χ4n) is 3.73. The van der Waals surface area contributed by atoms with Gasteiger partial charge in [-0.05, 0) is 18.2 Å². The van der Waals surface area contributed by atoms with Crippen molar-refractivity contribution in [2.75, 3.05) is 13.2 Å². The largest absolute Gasteiger partial charge is 0.417 e. The Morgan fingerprint density at radius 2 is 2.00 bits per heavy atom. The van der Waals surface area contributed by atoms with Gasteiger partial charge in [0, 0.05) is 25.0 Å². The van der Waals surface area contributed by atoms with E-state index in [1.165, 1.54) is 12.1 Å². The Hall–Kier alpha value is -3.64. The zero-order valence-electron chi connectivity index (χ0n) is 17.2. The van der Waals surface area contributed by atoms with Crippen LogP contribution in [0.2, 0.25) is 0 Å². The van der Waals surface area contributed by atoms with E-state index in [9.17, 15) is 23.1 Å². The Kier molecular flexibility index (Phi) is 4.98. The first kappa shape index (κ1) is 21.2. The highest BCUT2D eigenvalue weighted by molar-refractivity contribution is 5.93. The van der Waals surface area contributed by atoms with Gasteiger partial charge in [0.15, 0.2) is 0 Å². The monoisotopic (exact) mass is 458 g/mol. The third kappa shape index (κ3) is 3.87. The van der Waals surface area contributed by atoms with E-state index in [1.54, 1.807) is 24.1 Å². The van der Waals surface area contributed by atoms with E-state index < -0.39 is 29.3 Å². The Morgan fingerprint density at radius 3 is 2.61 bits per heavy atom. The molecule has 0 saturated carbocycles. The van der Waals surface area contributed by atoms with Crippen molar-refractivity contribution in [1.29, 1.82) is 0 Å². The van der Waals surface area contributed by atoms with Crippen molar-refractivity contribution < 1.29 is 23.0 Å². The molecule has 0 amide bonds. The molecule has 5 rings (SSSR count). The maximum Gasteiger partial charge on any atom is 0.417 e. The molecule has 1 aliphatic rings. The Morgan fingerprint density at radius 1 is 1.18 bits per heavy atom. The van der Waals surface area contributed by atoms with Gasteiger partial charge < -0.3 is 14.8 Å². The second-order valence-corrected chi connectivity index (χ2v) is 7.75. The van der Waals surface area contributed by atoms with Crippen molar-refractivity contribution in [3.63, 3.8) is 0 Å². The number of aromatic nitrogens is 6. The number of rotatable bonds is 3. The van der Waals surface area contributed by atoms with E-state index in [0.29, 0.717) is 11.3 Å². The summed E-state index contributed by atoms with van der Waals surface area (Å²) in [5.41, 5.74) is 0.159. The van der Waals surface area contributed by atoms with Gasteiger partial charge in [0.05, 0.1) is 53.8 Å². The molecule has 0 aliphatic carbocycles. The number of alkyl halides is 3. The minimum absolute atomic E-state index is 0.138. The molecule has 2 N–H and O–H groups in total. The molecule has 2 atom stereocenters. The smallest absolute Gasteiger partial charge is 0.390 e. The highest BCUT2D eigenvalue weighted by Crippen LogP contribution is 2.32. The zero-order valence-corrected chi connectivity index (χ0v) is 17.2. The minimum Gasteiger partial charge on any atom is -0.390 e. The van der Waals surface area contributed by atoms with Crippen LogP contribution in [0.25, 0.3) is 33.5 Å². The summed E-state index contributed by atoms with van der Waals surface area (Å²) in [5.74, 6) is -0.232. The molecule has 1 saturated heterocycles. The number of aromatic amines is 1. The molecule has 1 aliphatic heterocycles. The number of aryl methyl sites for hydroxylation is 1. The van der Waals surface area contributed by atoms with E-state index in [2.05, 4.69) is 25.0 Å². The number of H-pyrrole nitrogens is 1. The number of aliphatic hydroxyl groups excluding tert-OH is 1. The summed E-state index contributed by atoms with van der Waals surface area (Å²) in [6, 6.07) is 3.54. The minimum atomic E-state index is -4.52. The van der Waals surface area contributed by atoms with Crippen LogP contribution in [0.3, 0.4) is 0 Å². The normalized spacial score (nSPS) is 18.8. The summed E-state index contributed by atoms with van der Waals surface area (Å²) in [4.78, 5) is 28.7. The Labute approximate surface area is 183 Å². The lowest BCUT2D eigenvalue weighted by Gasteiger charge is -2.14. The summed E-state index contributed by atoms with van der Waals surface area (Å²) in [5, 5.41) is 14.5. The van der Waals surface area contributed by atoms with Crippen LogP contribution in [-0.2, 0) is 18.0 Å². The molecule has 0 bridgehead atoms. The molecule has 5 heterocycles. The Balaban J connectivity index is 1.71. The predicted molar refractivity (Wildman–Crippen MR) is 110 cm³/mol. The van der Waals surface area contributed by atoms with Crippen molar-refractivity contribution in [3.05, 3.63) is 58.5 Å². The second-order valence-electron chi connectivity index (χ2n) is 7.75. The van der Waals surface area contributed by atoms with Crippen LogP contribution in [0.15, 0.2) is 41.6 Å². The molecule has 0 unspecified atom stereocenters. The maximum absolute atomic E-state index is 13.0. The van der Waals surface area contributed by atoms with Crippen LogP contribution in [0.5, 0.6) is 0 Å². The van der Waals surface area contributed by atoms with Crippen LogP contribution in [0, 0.1) is 0 Å². The Bertz CT molecular complexity index is 1400. The fraction of sp³-hybridized carbons (Fsp3) is 0.286. The molecule has 12 heteroatoms. The molecule has 0 radical (unpaired) electrons. The number of halogens is 3. The van der Waals surface area contributed by atoms with Gasteiger partial charge in [-0.15, -0.1) is 0 Å². The van der Waals surface area contributed by atoms with Gasteiger partial charge >= 0.3 is 6.18 Å². The first-order valence-corrected chi connectivity index (χ1v) is 9.94. The molecule has 0 aromatic carbocycles. The van der Waals surface area contributed by atoms with Gasteiger partial charge in [-0.2, -0.15) is 18.3 Å². The van der Waals surface area contributed by atoms with Crippen molar-refractivity contribution in [1.82, 2.24) is 29.7 Å². The molecular weight excluding hydrogens is 441 g/mol. The number of hydrogen-bond acceptors (Lipinski definition) is 7. The lowest BCUT2D eigenvalue weighted by molar-refractivity contribution is -0.137. The van der Waals surface area contributed by atoms with Crippen LogP contribution < -0.4 is 5.56 Å². The number of ether oxygens (including phenoxy) is 1. The lowest BCUT2D eigenvalue weighted by atomic mass is 10.0. The number of nitrogens with one attached hydrogen (secondary N) is 1. The zero-order chi connectivity index (χ0) is 23.3. The topological polar surface area (TPSA) is 119 Å². The maximum atomic E-state index is 13.0. The molecular formula is C21H17F3N6O3. The quantitative estimate of drug-likeness (QED) is 0.483. The van der Waals surface area contributed by atoms with Crippen LogP contribution >= 0.6 is 0 Å². The van der Waals surface area contributed by atoms with Crippen LogP contribution in [-0.4, -0.2) is 54.1 Å². The second kappa shape index (κ2) is 7.74. The van der Waals surface area contributed by atoms with E-state index >= 15 is 0 Å². The van der Waals surface area contributed by atoms with Crippen molar-refractivity contribution in [2.45, 2.75) is 18.2 Å². The van der Waals surface area contributed by atoms with E-state index in [0.717, 1.165) is 12.3 Å². The first-order chi connectivity index (χ1) is 15.7. The molecule has 0 spiro atoms. The molecule has 170 valence electrons. The van der Waals surface area contributed by atoms with Crippen molar-refractivity contribution >= 4 is 10.9 Å². The SMILES string of the molecule is Cn1cc(-c2nc(-c3ccc(C(F)(F)F)cn3)cc3c(=O)[nH]c([C@H]4COC[C@@H]4O)nc23)cn1. The van der Waals surface area contributed by atoms with Gasteiger partial charge in [-0.1, -0.05) is 0 Å². The number of pyridine rings is 2. The highest BCUT2D eigenvalue weighted by Gasteiger charge is 2.32. The van der Waals surface area contributed by atoms with E-state index in [-0.39, 0.29) is 41.3 Å². The third-order valence-electron chi connectivity index (χ3n) is 5.44. The molecule has 9 nitrogen and oxygen atoms in total. The summed E-state index contributed by atoms with van der Waals surface area (Å²) in [6.07, 6.45) is -1.38. The molecule has 4 aromatic heterocycles. The van der Waals surface area contributed by atoms with Crippen LogP contribution in [0.1, 0.15) is 17.3 Å². The standard InChI is InChI=1S/C21H17F3N6O3/c1-30-7-10(5-26-30)17-18-12(20(32)29-19(28-18)13-8-33-9-16(13)31)4-15(27-17)14-3-2-11(6-25-14)21(22,23)24/h2-7,13,16,31H,8-9H2,1H3,(H,28,29,32)/t13-,16-/m0/s1. The number of hydrogen-bond donors (Lipinski definition) is 2. The number of fused-ring (bicyclic) bond motifs is 1. The average Bonchev–Trinajstić information content (AvgIpc) is 3.40. The van der Waals surface area contributed by atoms with Gasteiger partial charge in [0.25, 0.3) is 5.56 Å². The summed E-state index contributed by atoms with van der Waals surface area (Å²) >= 11 is 0. The predicted octanol–water partition coefficient (Wildman–Crippen LogP) is 2.27. The molecule has 4 aromatic rings. The van der Waals surface area contributed by atoms with Crippen molar-refractivity contribution in [2.24, 2.45) is 7.05 Å². The number of aliphatic hydroxyl groups is 1. The van der Waals surface area contributed by atoms with E-state index in [4.69, 9.17) is 4.74 Å². The summed E-state index contributed by atoms with van der Waals surface area (Å²) in [6.45, 7) is 0.345. The van der Waals surface area contributed by atoms with Gasteiger partial charge in [0.2, 0.25) is 0 Å². The first-order valence-electron chi connectivity index (χ1n) is 9.94. The third-order valence-corrected chi connectivity index (χ3v) is 5.44. The van der Waals surface area contributed by atoms with Crippen molar-refractivity contribution in [3.8, 4) is 22.6 Å². The molecule has 1 fully saturated rings. The summed E-state index contributed by atoms with van der Waals surface area (Å²) < 4.78 is 45.6. The lowest BCUT2D eigenvalue weighted by Crippen LogP contribution is -2.22. The fourth-order valence-corrected chi connectivity index (χ4v) is 3.73. The number of nitrogens with zero attached hydrogens (tertiary/aromatic N) is 5. The van der Waals surface area contributed by atoms with E-state index in [1.807, 2.05) is 0 Å². The van der Waals surface area contributed by atoms with Gasteiger partial charge in [0.1, 0.15) is 17.0 Å². The summed E-state index contributed by atoms with van der Waals surface area (Å²) in [7, 11) is 1.71. The van der Waals surface area contributed by atoms with Crippen LogP contribution in [0.4, 0.5) is 13.2 Å². The molecule has 33 heavy (non-hydrogen) atoms. The average molecular weight is 458 g/mol.